The summed E-state index contributed by atoms with van der Waals surface area (Å²) >= 11 is 5.64. The van der Waals surface area contributed by atoms with Crippen LogP contribution in [0.25, 0.3) is 5.65 Å². The number of carbonyl (C=O) groups is 1. The molecule has 2 rings (SSSR count). The first-order valence-electron chi connectivity index (χ1n) is 3.53. The van der Waals surface area contributed by atoms with Crippen molar-refractivity contribution >= 4 is 29.0 Å². The Balaban J connectivity index is 2.60. The Morgan fingerprint density at radius 1 is 1.64 bits per heavy atom. The molecule has 8 heteroatoms. The Bertz CT molecular complexity index is 496. The summed E-state index contributed by atoms with van der Waals surface area (Å²) < 4.78 is 1.29. The van der Waals surface area contributed by atoms with Crippen molar-refractivity contribution in [2.75, 3.05) is 5.32 Å². The number of nitrogens with zero attached hydrogens (tertiary/aromatic N) is 4. The van der Waals surface area contributed by atoms with E-state index < -0.39 is 6.09 Å². The van der Waals surface area contributed by atoms with Gasteiger partial charge in [-0.2, -0.15) is 9.61 Å². The van der Waals surface area contributed by atoms with Crippen molar-refractivity contribution < 1.29 is 9.90 Å². The zero-order chi connectivity index (χ0) is 10.1. The number of halogens is 1. The average molecular weight is 214 g/mol. The molecule has 0 fully saturated rings. The standard InChI is InChI=1S/C6H4ClN5O2/c7-4-1-3(9-6(13)14)5-10-8-2-12(5)11-4/h1-2,9H,(H,13,14). The summed E-state index contributed by atoms with van der Waals surface area (Å²) in [4.78, 5) is 10.4. The maximum atomic E-state index is 10.4. The van der Waals surface area contributed by atoms with Crippen LogP contribution in [0.5, 0.6) is 0 Å². The van der Waals surface area contributed by atoms with E-state index in [1.54, 1.807) is 0 Å². The Hall–Kier alpha value is -1.89. The Kier molecular flexibility index (Phi) is 1.93. The molecule has 0 aliphatic carbocycles. The molecule has 0 saturated heterocycles. The monoisotopic (exact) mass is 213 g/mol. The number of nitrogens with one attached hydrogen (secondary N) is 1. The molecule has 2 N–H and O–H groups in total. The maximum absolute atomic E-state index is 10.4. The first-order chi connectivity index (χ1) is 6.66. The van der Waals surface area contributed by atoms with Gasteiger partial charge in [0.15, 0.2) is 5.15 Å². The molecule has 14 heavy (non-hydrogen) atoms. The molecule has 0 bridgehead atoms. The van der Waals surface area contributed by atoms with Crippen molar-refractivity contribution in [2.45, 2.75) is 0 Å². The molecule has 0 aliphatic heterocycles. The predicted octanol–water partition coefficient (Wildman–Crippen LogP) is 0.868. The van der Waals surface area contributed by atoms with Crippen molar-refractivity contribution in [1.82, 2.24) is 19.8 Å². The summed E-state index contributed by atoms with van der Waals surface area (Å²) in [5.41, 5.74) is 0.548. The predicted molar refractivity (Wildman–Crippen MR) is 47.4 cm³/mol. The van der Waals surface area contributed by atoms with Crippen molar-refractivity contribution in [3.05, 3.63) is 17.5 Å². The molecule has 0 unspecified atom stereocenters. The van der Waals surface area contributed by atoms with Crippen molar-refractivity contribution in [1.29, 1.82) is 0 Å². The number of amides is 1. The van der Waals surface area contributed by atoms with Gasteiger partial charge in [0, 0.05) is 6.07 Å². The summed E-state index contributed by atoms with van der Waals surface area (Å²) in [6, 6.07) is 1.36. The lowest BCUT2D eigenvalue weighted by Gasteiger charge is -2.01. The number of rotatable bonds is 1. The lowest BCUT2D eigenvalue weighted by molar-refractivity contribution is 0.210. The van der Waals surface area contributed by atoms with E-state index >= 15 is 0 Å². The normalized spacial score (nSPS) is 10.4. The van der Waals surface area contributed by atoms with E-state index in [0.29, 0.717) is 5.65 Å². The van der Waals surface area contributed by atoms with Crippen molar-refractivity contribution in [3.63, 3.8) is 0 Å². The fraction of sp³-hybridized carbons (Fsp3) is 0. The van der Waals surface area contributed by atoms with E-state index in [1.165, 1.54) is 16.9 Å². The fourth-order valence-corrected chi connectivity index (χ4v) is 1.19. The smallest absolute Gasteiger partial charge is 0.409 e. The highest BCUT2D eigenvalue weighted by atomic mass is 35.5. The van der Waals surface area contributed by atoms with Gasteiger partial charge in [0.05, 0.1) is 5.69 Å². The van der Waals surface area contributed by atoms with Crippen LogP contribution in [-0.4, -0.2) is 31.0 Å². The highest BCUT2D eigenvalue weighted by Crippen LogP contribution is 2.17. The first-order valence-corrected chi connectivity index (χ1v) is 3.91. The van der Waals surface area contributed by atoms with Crippen LogP contribution < -0.4 is 5.32 Å². The number of fused-ring (bicyclic) bond motifs is 1. The summed E-state index contributed by atoms with van der Waals surface area (Å²) in [6.45, 7) is 0. The maximum Gasteiger partial charge on any atom is 0.409 e. The molecule has 2 heterocycles. The van der Waals surface area contributed by atoms with Crippen LogP contribution in [0.1, 0.15) is 0 Å². The minimum Gasteiger partial charge on any atom is -0.465 e. The van der Waals surface area contributed by atoms with Gasteiger partial charge in [0.2, 0.25) is 5.65 Å². The second kappa shape index (κ2) is 3.11. The van der Waals surface area contributed by atoms with Gasteiger partial charge in [-0.25, -0.2) is 4.79 Å². The van der Waals surface area contributed by atoms with Crippen LogP contribution in [0.4, 0.5) is 10.5 Å². The van der Waals surface area contributed by atoms with E-state index in [9.17, 15) is 4.79 Å². The Morgan fingerprint density at radius 2 is 2.43 bits per heavy atom. The van der Waals surface area contributed by atoms with Crippen LogP contribution in [0.3, 0.4) is 0 Å². The largest absolute Gasteiger partial charge is 0.465 e. The molecular formula is C6H4ClN5O2. The van der Waals surface area contributed by atoms with Gasteiger partial charge in [-0.3, -0.25) is 5.32 Å². The summed E-state index contributed by atoms with van der Waals surface area (Å²) in [6.07, 6.45) is 0.131. The topological polar surface area (TPSA) is 92.4 Å². The zero-order valence-corrected chi connectivity index (χ0v) is 7.43. The van der Waals surface area contributed by atoms with Crippen LogP contribution in [-0.2, 0) is 0 Å². The van der Waals surface area contributed by atoms with Gasteiger partial charge >= 0.3 is 6.09 Å². The molecule has 2 aromatic rings. The van der Waals surface area contributed by atoms with Gasteiger partial charge in [-0.15, -0.1) is 10.2 Å². The minimum absolute atomic E-state index is 0.154. The highest BCUT2D eigenvalue weighted by molar-refractivity contribution is 6.29. The average Bonchev–Trinajstić information content (AvgIpc) is 2.50. The summed E-state index contributed by atoms with van der Waals surface area (Å²) in [5.74, 6) is 0. The van der Waals surface area contributed by atoms with Crippen LogP contribution in [0, 0.1) is 0 Å². The molecule has 0 aromatic carbocycles. The van der Waals surface area contributed by atoms with E-state index in [-0.39, 0.29) is 10.8 Å². The third-order valence-electron chi connectivity index (χ3n) is 1.48. The zero-order valence-electron chi connectivity index (χ0n) is 6.68. The van der Waals surface area contributed by atoms with Gasteiger partial charge < -0.3 is 5.11 Å². The number of carboxylic acid groups (broad SMARTS) is 1. The molecule has 0 radical (unpaired) electrons. The van der Waals surface area contributed by atoms with Gasteiger partial charge in [-0.1, -0.05) is 11.6 Å². The van der Waals surface area contributed by atoms with Crippen LogP contribution in [0.2, 0.25) is 5.15 Å². The SMILES string of the molecule is O=C(O)Nc1cc(Cl)nn2cnnc12. The van der Waals surface area contributed by atoms with Gasteiger partial charge in [0.1, 0.15) is 6.33 Å². The third-order valence-corrected chi connectivity index (χ3v) is 1.66. The lowest BCUT2D eigenvalue weighted by Crippen LogP contribution is -2.09. The molecule has 0 spiro atoms. The second-order valence-electron chi connectivity index (χ2n) is 2.41. The minimum atomic E-state index is -1.20. The van der Waals surface area contributed by atoms with E-state index in [2.05, 4.69) is 20.6 Å². The molecule has 72 valence electrons. The fourth-order valence-electron chi connectivity index (χ4n) is 1.00. The van der Waals surface area contributed by atoms with Gasteiger partial charge in [-0.05, 0) is 0 Å². The van der Waals surface area contributed by atoms with E-state index in [1.807, 2.05) is 0 Å². The van der Waals surface area contributed by atoms with Gasteiger partial charge in [0.25, 0.3) is 0 Å². The first kappa shape index (κ1) is 8.70. The van der Waals surface area contributed by atoms with E-state index in [4.69, 9.17) is 16.7 Å². The number of hydrogen-bond acceptors (Lipinski definition) is 4. The molecule has 2 aromatic heterocycles. The number of hydrogen-bond donors (Lipinski definition) is 2. The van der Waals surface area contributed by atoms with Crippen molar-refractivity contribution in [3.8, 4) is 0 Å². The molecule has 0 atom stereocenters. The van der Waals surface area contributed by atoms with Crippen LogP contribution in [0.15, 0.2) is 12.4 Å². The molecule has 0 aliphatic rings. The lowest BCUT2D eigenvalue weighted by atomic mass is 10.4. The number of anilines is 1. The second-order valence-corrected chi connectivity index (χ2v) is 2.80. The molecular weight excluding hydrogens is 210 g/mol. The van der Waals surface area contributed by atoms with E-state index in [0.717, 1.165) is 0 Å². The summed E-state index contributed by atoms with van der Waals surface area (Å²) in [7, 11) is 0. The Labute approximate surface area is 82.3 Å². The number of aromatic nitrogens is 4. The van der Waals surface area contributed by atoms with Crippen molar-refractivity contribution in [2.24, 2.45) is 0 Å². The quantitative estimate of drug-likeness (QED) is 0.733. The Morgan fingerprint density at radius 3 is 3.14 bits per heavy atom. The molecule has 1 amide bonds. The van der Waals surface area contributed by atoms with Crippen LogP contribution >= 0.6 is 11.6 Å². The summed E-state index contributed by atoms with van der Waals surface area (Å²) in [5, 5.41) is 21.9. The highest BCUT2D eigenvalue weighted by Gasteiger charge is 2.08. The molecule has 0 saturated carbocycles. The molecule has 7 nitrogen and oxygen atoms in total. The third kappa shape index (κ3) is 1.44.